The molecule has 0 N–H and O–H groups in total. The van der Waals surface area contributed by atoms with Gasteiger partial charge >= 0.3 is 17.9 Å². The third-order valence-corrected chi connectivity index (χ3v) is 14.5. The largest absolute Gasteiger partial charge is 0.462 e. The van der Waals surface area contributed by atoms with Crippen LogP contribution in [0.3, 0.4) is 0 Å². The number of hydrogen-bond donors (Lipinski definition) is 0. The van der Waals surface area contributed by atoms with Crippen molar-refractivity contribution >= 4 is 17.9 Å². The third kappa shape index (κ3) is 61.8. The topological polar surface area (TPSA) is 78.9 Å². The SMILES string of the molecule is CC/C=C\C/C=C\C/C=C\C/C=C\C/C=C\CCCCCCCCCCCCCC(=O)OCC(COC(=O)CCCCCCCCCCCCC)OC(=O)CCCCCCCCCCCCCCCCCCCCC. The number of allylic oxidation sites excluding steroid dienone is 10. The molecule has 0 saturated carbocycles. The Balaban J connectivity index is 4.22. The van der Waals surface area contributed by atoms with E-state index in [0.29, 0.717) is 19.3 Å². The van der Waals surface area contributed by atoms with Crippen LogP contribution >= 0.6 is 0 Å². The van der Waals surface area contributed by atoms with Crippen LogP contribution in [0.25, 0.3) is 0 Å². The monoisotopic (exact) mass is 1050 g/mol. The van der Waals surface area contributed by atoms with Gasteiger partial charge in [0.25, 0.3) is 0 Å². The Hall–Kier alpha value is -2.89. The summed E-state index contributed by atoms with van der Waals surface area (Å²) in [6, 6.07) is 0. The molecule has 0 aliphatic heterocycles. The Kier molecular flexibility index (Phi) is 61.2. The summed E-state index contributed by atoms with van der Waals surface area (Å²) in [7, 11) is 0. The van der Waals surface area contributed by atoms with Crippen LogP contribution in [0.4, 0.5) is 0 Å². The Labute approximate surface area is 466 Å². The fourth-order valence-corrected chi connectivity index (χ4v) is 9.65. The molecule has 0 aromatic heterocycles. The zero-order valence-corrected chi connectivity index (χ0v) is 50.1. The zero-order valence-electron chi connectivity index (χ0n) is 50.1. The molecule has 0 aromatic carbocycles. The lowest BCUT2D eigenvalue weighted by Crippen LogP contribution is -2.30. The van der Waals surface area contributed by atoms with Crippen LogP contribution in [0.2, 0.25) is 0 Å². The number of unbranched alkanes of at least 4 members (excludes halogenated alkanes) is 39. The van der Waals surface area contributed by atoms with Gasteiger partial charge in [0.1, 0.15) is 13.2 Å². The minimum absolute atomic E-state index is 0.0693. The molecule has 1 atom stereocenters. The van der Waals surface area contributed by atoms with Gasteiger partial charge in [-0.1, -0.05) is 319 Å². The summed E-state index contributed by atoms with van der Waals surface area (Å²) in [5.74, 6) is -0.852. The molecular formula is C69H124O6. The van der Waals surface area contributed by atoms with E-state index in [2.05, 4.69) is 81.5 Å². The van der Waals surface area contributed by atoms with Gasteiger partial charge in [0.05, 0.1) is 0 Å². The van der Waals surface area contributed by atoms with E-state index in [0.717, 1.165) is 89.9 Å². The third-order valence-electron chi connectivity index (χ3n) is 14.5. The van der Waals surface area contributed by atoms with Crippen molar-refractivity contribution in [1.29, 1.82) is 0 Å². The minimum Gasteiger partial charge on any atom is -0.462 e. The molecule has 0 spiro atoms. The van der Waals surface area contributed by atoms with E-state index in [1.807, 2.05) is 0 Å². The van der Waals surface area contributed by atoms with Crippen molar-refractivity contribution < 1.29 is 28.6 Å². The fraction of sp³-hybridized carbons (Fsp3) is 0.812. The van der Waals surface area contributed by atoms with Crippen molar-refractivity contribution in [1.82, 2.24) is 0 Å². The zero-order chi connectivity index (χ0) is 54.3. The molecule has 75 heavy (non-hydrogen) atoms. The van der Waals surface area contributed by atoms with Gasteiger partial charge in [0.2, 0.25) is 0 Å². The molecule has 6 nitrogen and oxygen atoms in total. The highest BCUT2D eigenvalue weighted by molar-refractivity contribution is 5.71. The maximum atomic E-state index is 12.9. The summed E-state index contributed by atoms with van der Waals surface area (Å²) in [5, 5.41) is 0. The molecule has 0 saturated heterocycles. The molecule has 0 radical (unpaired) electrons. The van der Waals surface area contributed by atoms with Gasteiger partial charge in [-0.25, -0.2) is 0 Å². The van der Waals surface area contributed by atoms with Gasteiger partial charge in [0, 0.05) is 19.3 Å². The Morgan fingerprint density at radius 1 is 0.280 bits per heavy atom. The van der Waals surface area contributed by atoms with Gasteiger partial charge in [-0.05, 0) is 64.2 Å². The van der Waals surface area contributed by atoms with E-state index in [9.17, 15) is 14.4 Å². The lowest BCUT2D eigenvalue weighted by Gasteiger charge is -2.18. The van der Waals surface area contributed by atoms with E-state index in [4.69, 9.17) is 14.2 Å². The van der Waals surface area contributed by atoms with E-state index in [1.165, 1.54) is 212 Å². The van der Waals surface area contributed by atoms with Crippen LogP contribution in [0, 0.1) is 0 Å². The summed E-state index contributed by atoms with van der Waals surface area (Å²) in [6.45, 7) is 6.57. The normalized spacial score (nSPS) is 12.4. The van der Waals surface area contributed by atoms with E-state index in [-0.39, 0.29) is 31.1 Å². The summed E-state index contributed by atoms with van der Waals surface area (Å²) < 4.78 is 16.9. The van der Waals surface area contributed by atoms with Crippen molar-refractivity contribution in [3.8, 4) is 0 Å². The summed E-state index contributed by atoms with van der Waals surface area (Å²) in [5.41, 5.74) is 0. The van der Waals surface area contributed by atoms with Crippen LogP contribution in [-0.4, -0.2) is 37.2 Å². The molecule has 0 aromatic rings. The number of ether oxygens (including phenoxy) is 3. The number of rotatable bonds is 60. The first-order valence-corrected chi connectivity index (χ1v) is 32.8. The van der Waals surface area contributed by atoms with Gasteiger partial charge in [-0.3, -0.25) is 14.4 Å². The van der Waals surface area contributed by atoms with Crippen LogP contribution in [0.5, 0.6) is 0 Å². The van der Waals surface area contributed by atoms with Crippen molar-refractivity contribution in [3.63, 3.8) is 0 Å². The molecule has 436 valence electrons. The molecule has 6 heteroatoms. The Morgan fingerprint density at radius 2 is 0.520 bits per heavy atom. The molecule has 0 amide bonds. The fourth-order valence-electron chi connectivity index (χ4n) is 9.65. The highest BCUT2D eigenvalue weighted by atomic mass is 16.6. The summed E-state index contributed by atoms with van der Waals surface area (Å²) in [4.78, 5) is 38.3. The molecule has 0 aliphatic carbocycles. The first-order chi connectivity index (χ1) is 37.0. The first-order valence-electron chi connectivity index (χ1n) is 32.8. The van der Waals surface area contributed by atoms with Crippen molar-refractivity contribution in [3.05, 3.63) is 60.8 Å². The maximum absolute atomic E-state index is 12.9. The number of hydrogen-bond acceptors (Lipinski definition) is 6. The highest BCUT2D eigenvalue weighted by Crippen LogP contribution is 2.18. The highest BCUT2D eigenvalue weighted by Gasteiger charge is 2.19. The summed E-state index contributed by atoms with van der Waals surface area (Å²) in [6.07, 6.45) is 80.9. The lowest BCUT2D eigenvalue weighted by atomic mass is 10.0. The Morgan fingerprint density at radius 3 is 0.813 bits per heavy atom. The molecular weight excluding hydrogens is 925 g/mol. The Bertz CT molecular complexity index is 1340. The average molecular weight is 1050 g/mol. The van der Waals surface area contributed by atoms with Gasteiger partial charge in [-0.15, -0.1) is 0 Å². The minimum atomic E-state index is -0.771. The maximum Gasteiger partial charge on any atom is 0.306 e. The van der Waals surface area contributed by atoms with E-state index >= 15 is 0 Å². The molecule has 1 unspecified atom stereocenters. The second kappa shape index (κ2) is 63.6. The van der Waals surface area contributed by atoms with Crippen molar-refractivity contribution in [2.24, 2.45) is 0 Å². The molecule has 0 fully saturated rings. The standard InChI is InChI=1S/C69H124O6/c1-4-7-10-13-16-19-22-24-26-28-30-31-32-33-34-35-36-37-39-40-42-44-47-50-53-56-59-62-68(71)74-65-66(64-73-67(70)61-58-55-52-49-46-21-18-15-12-9-6-3)75-69(72)63-60-57-54-51-48-45-43-41-38-29-27-25-23-20-17-14-11-8-5-2/h7,10,16,19,24,26,30-31,33-34,66H,4-6,8-9,11-15,17-18,20-23,25,27-29,32,35-65H2,1-3H3/b10-7-,19-16-,26-24-,31-30-,34-33-. The van der Waals surface area contributed by atoms with Crippen LogP contribution in [-0.2, 0) is 28.6 Å². The van der Waals surface area contributed by atoms with Gasteiger partial charge in [-0.2, -0.15) is 0 Å². The van der Waals surface area contributed by atoms with Crippen LogP contribution in [0.15, 0.2) is 60.8 Å². The first kappa shape index (κ1) is 72.1. The predicted octanol–water partition coefficient (Wildman–Crippen LogP) is 22.3. The second-order valence-electron chi connectivity index (χ2n) is 22.0. The van der Waals surface area contributed by atoms with Crippen LogP contribution < -0.4 is 0 Å². The molecule has 0 aliphatic rings. The lowest BCUT2D eigenvalue weighted by molar-refractivity contribution is -0.167. The predicted molar refractivity (Wildman–Crippen MR) is 325 cm³/mol. The molecule has 0 heterocycles. The second-order valence-corrected chi connectivity index (χ2v) is 22.0. The van der Waals surface area contributed by atoms with Crippen molar-refractivity contribution in [2.45, 2.75) is 348 Å². The van der Waals surface area contributed by atoms with Crippen LogP contribution in [0.1, 0.15) is 342 Å². The smallest absolute Gasteiger partial charge is 0.306 e. The molecule has 0 bridgehead atoms. The van der Waals surface area contributed by atoms with Gasteiger partial charge in [0.15, 0.2) is 6.10 Å². The van der Waals surface area contributed by atoms with E-state index in [1.54, 1.807) is 0 Å². The van der Waals surface area contributed by atoms with E-state index < -0.39 is 6.10 Å². The average Bonchev–Trinajstić information content (AvgIpc) is 3.41. The molecule has 0 rings (SSSR count). The summed E-state index contributed by atoms with van der Waals surface area (Å²) >= 11 is 0. The van der Waals surface area contributed by atoms with Crippen molar-refractivity contribution in [2.75, 3.05) is 13.2 Å². The quantitative estimate of drug-likeness (QED) is 0.0261. The van der Waals surface area contributed by atoms with Gasteiger partial charge < -0.3 is 14.2 Å². The number of carbonyl (C=O) groups is 3. The number of carbonyl (C=O) groups excluding carboxylic acids is 3. The number of esters is 3.